The molecule has 0 saturated heterocycles. The number of rotatable bonds is 4. The number of aryl methyl sites for hydroxylation is 1. The molecule has 5 heteroatoms. The Morgan fingerprint density at radius 1 is 1.00 bits per heavy atom. The van der Waals surface area contributed by atoms with Crippen molar-refractivity contribution >= 4 is 15.7 Å². The van der Waals surface area contributed by atoms with Gasteiger partial charge in [0.2, 0.25) is 0 Å². The van der Waals surface area contributed by atoms with E-state index >= 15 is 0 Å². The van der Waals surface area contributed by atoms with Gasteiger partial charge in [-0.3, -0.25) is 4.79 Å². The molecule has 0 aliphatic heterocycles. The smallest absolute Gasteiger partial charge is 0.251 e. The number of carbonyl (C=O) groups excluding carboxylic acids is 1. The summed E-state index contributed by atoms with van der Waals surface area (Å²) in [5.74, 6) is -0.229. The molecule has 1 amide bonds. The first-order valence-corrected chi connectivity index (χ1v) is 8.84. The molecule has 0 spiro atoms. The predicted octanol–water partition coefficient (Wildman–Crippen LogP) is 2.89. The lowest BCUT2D eigenvalue weighted by molar-refractivity contribution is 0.0940. The standard InChI is InChI=1S/C17H19NO3S/c1-12-4-6-14(7-5-12)13(2)18-17(19)15-8-10-16(11-9-15)22(3,20)21/h4-11,13H,1-3H3,(H,18,19). The van der Waals surface area contributed by atoms with Gasteiger partial charge in [0.1, 0.15) is 0 Å². The minimum Gasteiger partial charge on any atom is -0.346 e. The Hall–Kier alpha value is -2.14. The van der Waals surface area contributed by atoms with Crippen LogP contribution in [0.25, 0.3) is 0 Å². The minimum atomic E-state index is -3.25. The van der Waals surface area contributed by atoms with E-state index in [0.717, 1.165) is 11.8 Å². The van der Waals surface area contributed by atoms with Gasteiger partial charge in [-0.1, -0.05) is 29.8 Å². The van der Waals surface area contributed by atoms with Crippen LogP contribution in [0.1, 0.15) is 34.5 Å². The summed E-state index contributed by atoms with van der Waals surface area (Å²) >= 11 is 0. The highest BCUT2D eigenvalue weighted by molar-refractivity contribution is 7.90. The molecule has 0 heterocycles. The Morgan fingerprint density at radius 3 is 2.05 bits per heavy atom. The fraction of sp³-hybridized carbons (Fsp3) is 0.235. The molecule has 1 N–H and O–H groups in total. The van der Waals surface area contributed by atoms with Crippen LogP contribution < -0.4 is 5.32 Å². The van der Waals surface area contributed by atoms with Gasteiger partial charge < -0.3 is 5.32 Å². The Balaban J connectivity index is 2.10. The lowest BCUT2D eigenvalue weighted by Crippen LogP contribution is -2.26. The fourth-order valence-corrected chi connectivity index (χ4v) is 2.70. The first-order chi connectivity index (χ1) is 10.3. The average Bonchev–Trinajstić information content (AvgIpc) is 2.47. The van der Waals surface area contributed by atoms with E-state index in [1.165, 1.54) is 29.8 Å². The number of sulfone groups is 1. The van der Waals surface area contributed by atoms with Crippen LogP contribution in [0.4, 0.5) is 0 Å². The summed E-state index contributed by atoms with van der Waals surface area (Å²) in [6.45, 7) is 3.92. The Kier molecular flexibility index (Phi) is 4.66. The van der Waals surface area contributed by atoms with E-state index < -0.39 is 9.84 Å². The third-order valence-electron chi connectivity index (χ3n) is 3.47. The first kappa shape index (κ1) is 16.2. The summed E-state index contributed by atoms with van der Waals surface area (Å²) in [5, 5.41) is 2.90. The van der Waals surface area contributed by atoms with Gasteiger partial charge in [0.15, 0.2) is 9.84 Å². The van der Waals surface area contributed by atoms with E-state index in [4.69, 9.17) is 0 Å². The van der Waals surface area contributed by atoms with Gasteiger partial charge in [-0.15, -0.1) is 0 Å². The third-order valence-corrected chi connectivity index (χ3v) is 4.60. The average molecular weight is 317 g/mol. The van der Waals surface area contributed by atoms with Crippen molar-refractivity contribution in [1.82, 2.24) is 5.32 Å². The zero-order valence-corrected chi connectivity index (χ0v) is 13.6. The minimum absolute atomic E-state index is 0.123. The van der Waals surface area contributed by atoms with Gasteiger partial charge in [0.25, 0.3) is 5.91 Å². The first-order valence-electron chi connectivity index (χ1n) is 6.95. The normalized spacial score (nSPS) is 12.7. The van der Waals surface area contributed by atoms with Crippen molar-refractivity contribution in [2.24, 2.45) is 0 Å². The van der Waals surface area contributed by atoms with Crippen molar-refractivity contribution in [3.8, 4) is 0 Å². The second kappa shape index (κ2) is 6.32. The van der Waals surface area contributed by atoms with E-state index in [-0.39, 0.29) is 16.8 Å². The van der Waals surface area contributed by atoms with Crippen molar-refractivity contribution in [1.29, 1.82) is 0 Å². The number of carbonyl (C=O) groups is 1. The topological polar surface area (TPSA) is 63.2 Å². The molecule has 1 atom stereocenters. The number of hydrogen-bond donors (Lipinski definition) is 1. The molecular weight excluding hydrogens is 298 g/mol. The van der Waals surface area contributed by atoms with E-state index in [9.17, 15) is 13.2 Å². The largest absolute Gasteiger partial charge is 0.346 e. The highest BCUT2D eigenvalue weighted by Crippen LogP contribution is 2.15. The van der Waals surface area contributed by atoms with Crippen molar-refractivity contribution in [2.45, 2.75) is 24.8 Å². The molecule has 2 aromatic carbocycles. The predicted molar refractivity (Wildman–Crippen MR) is 86.6 cm³/mol. The van der Waals surface area contributed by atoms with Crippen LogP contribution in [0.2, 0.25) is 0 Å². The van der Waals surface area contributed by atoms with E-state index in [1.807, 2.05) is 38.1 Å². The zero-order valence-electron chi connectivity index (χ0n) is 12.8. The maximum atomic E-state index is 12.2. The van der Waals surface area contributed by atoms with Crippen LogP contribution in [0.15, 0.2) is 53.4 Å². The van der Waals surface area contributed by atoms with Crippen LogP contribution >= 0.6 is 0 Å². The van der Waals surface area contributed by atoms with Crippen molar-refractivity contribution < 1.29 is 13.2 Å². The summed E-state index contributed by atoms with van der Waals surface area (Å²) in [6.07, 6.45) is 1.14. The van der Waals surface area contributed by atoms with Crippen molar-refractivity contribution in [2.75, 3.05) is 6.26 Å². The highest BCUT2D eigenvalue weighted by atomic mass is 32.2. The molecule has 22 heavy (non-hydrogen) atoms. The lowest BCUT2D eigenvalue weighted by atomic mass is 10.1. The number of nitrogens with one attached hydrogen (secondary N) is 1. The molecule has 2 aromatic rings. The van der Waals surface area contributed by atoms with Crippen LogP contribution in [-0.4, -0.2) is 20.6 Å². The second-order valence-corrected chi connectivity index (χ2v) is 7.42. The van der Waals surface area contributed by atoms with Gasteiger partial charge in [0.05, 0.1) is 10.9 Å². The summed E-state index contributed by atoms with van der Waals surface area (Å²) in [6, 6.07) is 13.8. The molecule has 0 fully saturated rings. The van der Waals surface area contributed by atoms with Gasteiger partial charge in [-0.25, -0.2) is 8.42 Å². The van der Waals surface area contributed by atoms with Crippen LogP contribution in [0.5, 0.6) is 0 Å². The maximum Gasteiger partial charge on any atom is 0.251 e. The molecule has 4 nitrogen and oxygen atoms in total. The summed E-state index contributed by atoms with van der Waals surface area (Å²) < 4.78 is 22.8. The summed E-state index contributed by atoms with van der Waals surface area (Å²) in [4.78, 5) is 12.4. The molecule has 0 radical (unpaired) electrons. The Labute approximate surface area is 131 Å². The lowest BCUT2D eigenvalue weighted by Gasteiger charge is -2.14. The van der Waals surface area contributed by atoms with Gasteiger partial charge in [0, 0.05) is 11.8 Å². The molecule has 0 saturated carbocycles. The zero-order chi connectivity index (χ0) is 16.3. The second-order valence-electron chi connectivity index (χ2n) is 5.40. The molecule has 2 rings (SSSR count). The summed E-state index contributed by atoms with van der Waals surface area (Å²) in [7, 11) is -3.25. The highest BCUT2D eigenvalue weighted by Gasteiger charge is 2.13. The Bertz CT molecular complexity index is 763. The molecule has 1 unspecified atom stereocenters. The number of amides is 1. The fourth-order valence-electron chi connectivity index (χ4n) is 2.07. The van der Waals surface area contributed by atoms with Gasteiger partial charge in [-0.2, -0.15) is 0 Å². The molecule has 0 aliphatic carbocycles. The summed E-state index contributed by atoms with van der Waals surface area (Å²) in [5.41, 5.74) is 2.62. The third kappa shape index (κ3) is 3.95. The molecule has 0 aliphatic rings. The van der Waals surface area contributed by atoms with Crippen LogP contribution in [0.3, 0.4) is 0 Å². The van der Waals surface area contributed by atoms with Crippen LogP contribution in [0, 0.1) is 6.92 Å². The quantitative estimate of drug-likeness (QED) is 0.943. The Morgan fingerprint density at radius 2 is 1.55 bits per heavy atom. The molecule has 0 aromatic heterocycles. The SMILES string of the molecule is Cc1ccc(C(C)NC(=O)c2ccc(S(C)(=O)=O)cc2)cc1. The van der Waals surface area contributed by atoms with E-state index in [2.05, 4.69) is 5.32 Å². The molecule has 116 valence electrons. The molecule has 0 bridgehead atoms. The monoisotopic (exact) mass is 317 g/mol. The number of benzene rings is 2. The van der Waals surface area contributed by atoms with Crippen molar-refractivity contribution in [3.63, 3.8) is 0 Å². The van der Waals surface area contributed by atoms with Crippen molar-refractivity contribution in [3.05, 3.63) is 65.2 Å². The number of hydrogen-bond acceptors (Lipinski definition) is 3. The van der Waals surface area contributed by atoms with Gasteiger partial charge in [-0.05, 0) is 43.7 Å². The van der Waals surface area contributed by atoms with E-state index in [1.54, 1.807) is 0 Å². The van der Waals surface area contributed by atoms with E-state index in [0.29, 0.717) is 5.56 Å². The van der Waals surface area contributed by atoms with Crippen LogP contribution in [-0.2, 0) is 9.84 Å². The molecular formula is C17H19NO3S. The maximum absolute atomic E-state index is 12.2. The van der Waals surface area contributed by atoms with Gasteiger partial charge >= 0.3 is 0 Å².